The molecule has 7 nitrogen and oxygen atoms in total. The zero-order valence-corrected chi connectivity index (χ0v) is 13.6. The van der Waals surface area contributed by atoms with E-state index in [2.05, 4.69) is 10.3 Å². The number of carbonyl (C=O) groups is 2. The Labute approximate surface area is 139 Å². The smallest absolute Gasteiger partial charge is 0.253 e. The lowest BCUT2D eigenvalue weighted by molar-refractivity contribution is -0.119. The van der Waals surface area contributed by atoms with Crippen molar-refractivity contribution in [1.82, 2.24) is 10.3 Å². The molecule has 0 fully saturated rings. The van der Waals surface area contributed by atoms with Gasteiger partial charge < -0.3 is 11.1 Å². The highest BCUT2D eigenvalue weighted by atomic mass is 32.2. The molecule has 0 aliphatic heterocycles. The Morgan fingerprint density at radius 1 is 1.12 bits per heavy atom. The molecule has 1 atom stereocenters. The van der Waals surface area contributed by atoms with E-state index in [1.54, 1.807) is 24.3 Å². The lowest BCUT2D eigenvalue weighted by Crippen LogP contribution is -2.45. The number of primary amides is 1. The molecule has 0 saturated carbocycles. The summed E-state index contributed by atoms with van der Waals surface area (Å²) in [5.41, 5.74) is 5.53. The molecule has 0 aliphatic carbocycles. The van der Waals surface area contributed by atoms with E-state index in [9.17, 15) is 18.0 Å². The minimum Gasteiger partial charge on any atom is -0.368 e. The average molecular weight is 347 g/mol. The van der Waals surface area contributed by atoms with Crippen LogP contribution in [0.4, 0.5) is 0 Å². The number of nitrogens with zero attached hydrogens (tertiary/aromatic N) is 1. The molecule has 0 unspecified atom stereocenters. The van der Waals surface area contributed by atoms with E-state index in [1.807, 2.05) is 0 Å². The van der Waals surface area contributed by atoms with Gasteiger partial charge in [-0.15, -0.1) is 0 Å². The molecular formula is C16H17N3O4S. The van der Waals surface area contributed by atoms with Crippen molar-refractivity contribution in [2.45, 2.75) is 17.4 Å². The van der Waals surface area contributed by atoms with Crippen LogP contribution >= 0.6 is 0 Å². The van der Waals surface area contributed by atoms with Crippen LogP contribution in [0.5, 0.6) is 0 Å². The Morgan fingerprint density at radius 2 is 1.83 bits per heavy atom. The number of hydrogen-bond acceptors (Lipinski definition) is 5. The van der Waals surface area contributed by atoms with Crippen LogP contribution in [-0.4, -0.2) is 37.0 Å². The van der Waals surface area contributed by atoms with Gasteiger partial charge in [0, 0.05) is 12.4 Å². The summed E-state index contributed by atoms with van der Waals surface area (Å²) in [6, 6.07) is 9.90. The molecule has 1 aromatic heterocycles. The largest absolute Gasteiger partial charge is 0.368 e. The predicted octanol–water partition coefficient (Wildman–Crippen LogP) is 0.529. The van der Waals surface area contributed by atoms with Gasteiger partial charge in [0.15, 0.2) is 9.84 Å². The fourth-order valence-corrected chi connectivity index (χ4v) is 3.40. The maximum atomic E-state index is 12.2. The zero-order chi connectivity index (χ0) is 17.6. The Morgan fingerprint density at radius 3 is 2.42 bits per heavy atom. The third-order valence-corrected chi connectivity index (χ3v) is 5.11. The van der Waals surface area contributed by atoms with Crippen molar-refractivity contribution >= 4 is 21.7 Å². The van der Waals surface area contributed by atoms with Gasteiger partial charge in [-0.1, -0.05) is 18.2 Å². The van der Waals surface area contributed by atoms with E-state index in [-0.39, 0.29) is 22.6 Å². The van der Waals surface area contributed by atoms with Crippen LogP contribution in [0.3, 0.4) is 0 Å². The van der Waals surface area contributed by atoms with E-state index >= 15 is 0 Å². The first-order chi connectivity index (χ1) is 11.4. The van der Waals surface area contributed by atoms with Crippen LogP contribution in [0.15, 0.2) is 59.8 Å². The van der Waals surface area contributed by atoms with Crippen LogP contribution < -0.4 is 11.1 Å². The van der Waals surface area contributed by atoms with Crippen molar-refractivity contribution in [2.24, 2.45) is 5.73 Å². The van der Waals surface area contributed by atoms with Gasteiger partial charge in [-0.3, -0.25) is 14.6 Å². The van der Waals surface area contributed by atoms with E-state index < -0.39 is 27.7 Å². The molecule has 0 radical (unpaired) electrons. The van der Waals surface area contributed by atoms with E-state index in [4.69, 9.17) is 5.73 Å². The molecule has 2 aromatic rings. The fraction of sp³-hybridized carbons (Fsp3) is 0.188. The number of nitrogens with two attached hydrogens (primary N) is 1. The van der Waals surface area contributed by atoms with Gasteiger partial charge in [-0.05, 0) is 30.7 Å². The molecule has 1 aromatic carbocycles. The van der Waals surface area contributed by atoms with Crippen molar-refractivity contribution in [3.05, 3.63) is 60.4 Å². The highest BCUT2D eigenvalue weighted by molar-refractivity contribution is 7.91. The van der Waals surface area contributed by atoms with Crippen molar-refractivity contribution < 1.29 is 18.0 Å². The van der Waals surface area contributed by atoms with Gasteiger partial charge in [0.2, 0.25) is 5.91 Å². The minimum absolute atomic E-state index is 0.113. The Hall–Kier alpha value is -2.74. The summed E-state index contributed by atoms with van der Waals surface area (Å²) in [5.74, 6) is -1.64. The monoisotopic (exact) mass is 347 g/mol. The molecule has 3 N–H and O–H groups in total. The first-order valence-corrected chi connectivity index (χ1v) is 8.83. The number of aromatic nitrogens is 1. The van der Waals surface area contributed by atoms with Crippen molar-refractivity contribution in [3.63, 3.8) is 0 Å². The summed E-state index contributed by atoms with van der Waals surface area (Å²) in [6.45, 7) is 0. The van der Waals surface area contributed by atoms with Crippen molar-refractivity contribution in [2.75, 3.05) is 5.75 Å². The van der Waals surface area contributed by atoms with E-state index in [0.717, 1.165) is 0 Å². The molecule has 8 heteroatoms. The number of amides is 2. The van der Waals surface area contributed by atoms with Crippen molar-refractivity contribution in [3.8, 4) is 0 Å². The fourth-order valence-electron chi connectivity index (χ4n) is 2.04. The number of benzene rings is 1. The van der Waals surface area contributed by atoms with Crippen LogP contribution in [0.1, 0.15) is 16.8 Å². The second-order valence-corrected chi connectivity index (χ2v) is 7.20. The number of hydrogen-bond donors (Lipinski definition) is 2. The van der Waals surface area contributed by atoms with Gasteiger partial charge in [-0.2, -0.15) is 0 Å². The summed E-state index contributed by atoms with van der Waals surface area (Å²) in [4.78, 5) is 27.5. The minimum atomic E-state index is -3.56. The normalized spacial score (nSPS) is 12.3. The third-order valence-electron chi connectivity index (χ3n) is 3.35. The second kappa shape index (κ2) is 7.69. The Balaban J connectivity index is 2.04. The number of pyridine rings is 1. The first-order valence-electron chi connectivity index (χ1n) is 7.18. The highest BCUT2D eigenvalue weighted by Crippen LogP contribution is 2.12. The number of sulfone groups is 1. The number of nitrogens with one attached hydrogen (secondary N) is 1. The maximum absolute atomic E-state index is 12.2. The second-order valence-electron chi connectivity index (χ2n) is 5.09. The van der Waals surface area contributed by atoms with Gasteiger partial charge in [-0.25, -0.2) is 8.42 Å². The molecule has 2 amide bonds. The molecule has 0 bridgehead atoms. The van der Waals surface area contributed by atoms with Gasteiger partial charge >= 0.3 is 0 Å². The van der Waals surface area contributed by atoms with Crippen LogP contribution in [-0.2, 0) is 14.6 Å². The Bertz CT molecular complexity index is 808. The summed E-state index contributed by atoms with van der Waals surface area (Å²) in [6.07, 6.45) is 2.74. The number of carbonyl (C=O) groups excluding carboxylic acids is 2. The van der Waals surface area contributed by atoms with Gasteiger partial charge in [0.1, 0.15) is 6.04 Å². The number of rotatable bonds is 7. The molecule has 1 heterocycles. The third kappa shape index (κ3) is 4.63. The van der Waals surface area contributed by atoms with Gasteiger partial charge in [0.05, 0.1) is 16.2 Å². The average Bonchev–Trinajstić information content (AvgIpc) is 2.59. The van der Waals surface area contributed by atoms with Crippen LogP contribution in [0.25, 0.3) is 0 Å². The molecule has 0 aliphatic rings. The molecule has 126 valence electrons. The highest BCUT2D eigenvalue weighted by Gasteiger charge is 2.23. The summed E-state index contributed by atoms with van der Waals surface area (Å²) < 4.78 is 24.5. The molecule has 24 heavy (non-hydrogen) atoms. The summed E-state index contributed by atoms with van der Waals surface area (Å²) in [5, 5.41) is 2.44. The maximum Gasteiger partial charge on any atom is 0.253 e. The molecule has 0 spiro atoms. The van der Waals surface area contributed by atoms with Crippen LogP contribution in [0.2, 0.25) is 0 Å². The van der Waals surface area contributed by atoms with Gasteiger partial charge in [0.25, 0.3) is 5.91 Å². The SMILES string of the molecule is NC(=O)[C@H](CCS(=O)(=O)c1ccccc1)NC(=O)c1cccnc1. The quantitative estimate of drug-likeness (QED) is 0.757. The molecular weight excluding hydrogens is 330 g/mol. The Kier molecular flexibility index (Phi) is 5.64. The molecule has 0 saturated heterocycles. The topological polar surface area (TPSA) is 119 Å². The first kappa shape index (κ1) is 17.6. The summed E-state index contributed by atoms with van der Waals surface area (Å²) >= 11 is 0. The zero-order valence-electron chi connectivity index (χ0n) is 12.8. The molecule has 2 rings (SSSR count). The predicted molar refractivity (Wildman–Crippen MR) is 87.8 cm³/mol. The lowest BCUT2D eigenvalue weighted by atomic mass is 10.2. The van der Waals surface area contributed by atoms with Crippen LogP contribution in [0, 0.1) is 0 Å². The van der Waals surface area contributed by atoms with Crippen molar-refractivity contribution in [1.29, 1.82) is 0 Å². The summed E-state index contributed by atoms with van der Waals surface area (Å²) in [7, 11) is -3.56. The van der Waals surface area contributed by atoms with E-state index in [1.165, 1.54) is 30.6 Å². The standard InChI is InChI=1S/C16H17N3O4S/c17-15(20)14(19-16(21)12-5-4-9-18-11-12)8-10-24(22,23)13-6-2-1-3-7-13/h1-7,9,11,14H,8,10H2,(H2,17,20)(H,19,21)/t14-/m0/s1. The lowest BCUT2D eigenvalue weighted by Gasteiger charge is -2.15. The van der Waals surface area contributed by atoms with E-state index in [0.29, 0.717) is 0 Å².